The van der Waals surface area contributed by atoms with E-state index in [0.29, 0.717) is 12.4 Å². The zero-order valence-electron chi connectivity index (χ0n) is 12.7. The van der Waals surface area contributed by atoms with E-state index in [2.05, 4.69) is 0 Å². The molecule has 2 rings (SSSR count). The topological polar surface area (TPSA) is 35.5 Å². The average molecular weight is 294 g/mol. The van der Waals surface area contributed by atoms with E-state index in [0.717, 1.165) is 25.7 Å². The molecule has 116 valence electrons. The minimum atomic E-state index is -0.542. The van der Waals surface area contributed by atoms with Crippen molar-refractivity contribution < 1.29 is 18.7 Å². The van der Waals surface area contributed by atoms with Crippen LogP contribution in [0.3, 0.4) is 0 Å². The Kier molecular flexibility index (Phi) is 5.74. The molecule has 1 atom stereocenters. The van der Waals surface area contributed by atoms with E-state index < -0.39 is 11.9 Å². The predicted octanol–water partition coefficient (Wildman–Crippen LogP) is 4.00. The van der Waals surface area contributed by atoms with E-state index in [9.17, 15) is 9.18 Å². The van der Waals surface area contributed by atoms with Gasteiger partial charge in [0.2, 0.25) is 0 Å². The molecule has 4 heteroatoms. The number of Topliss-reactive ketones (excluding diaryl/α,β-unsaturated/α-hetero) is 1. The first-order valence-electron chi connectivity index (χ1n) is 7.66. The van der Waals surface area contributed by atoms with Crippen molar-refractivity contribution in [3.63, 3.8) is 0 Å². The van der Waals surface area contributed by atoms with Gasteiger partial charge in [-0.3, -0.25) is 4.79 Å². The smallest absolute Gasteiger partial charge is 0.194 e. The molecule has 0 radical (unpaired) electrons. The number of halogens is 1. The molecule has 0 N–H and O–H groups in total. The largest absolute Gasteiger partial charge is 0.497 e. The third-order valence-electron chi connectivity index (χ3n) is 4.12. The molecule has 0 aliphatic heterocycles. The number of ether oxygens (including phenoxy) is 2. The van der Waals surface area contributed by atoms with Crippen LogP contribution in [0.5, 0.6) is 5.75 Å². The fourth-order valence-electron chi connectivity index (χ4n) is 3.02. The Bertz CT molecular complexity index is 481. The summed E-state index contributed by atoms with van der Waals surface area (Å²) in [5.74, 6) is -0.175. The van der Waals surface area contributed by atoms with Gasteiger partial charge in [0.15, 0.2) is 5.78 Å². The number of hydrogen-bond acceptors (Lipinski definition) is 3. The molecule has 0 aromatic heterocycles. The summed E-state index contributed by atoms with van der Waals surface area (Å²) < 4.78 is 24.7. The number of rotatable bonds is 6. The Labute approximate surface area is 125 Å². The third kappa shape index (κ3) is 3.82. The van der Waals surface area contributed by atoms with Crippen molar-refractivity contribution in [1.29, 1.82) is 0 Å². The molecular formula is C17H23FO3. The van der Waals surface area contributed by atoms with Gasteiger partial charge in [0.1, 0.15) is 17.7 Å². The van der Waals surface area contributed by atoms with Gasteiger partial charge in [-0.2, -0.15) is 0 Å². The van der Waals surface area contributed by atoms with Crippen molar-refractivity contribution in [2.24, 2.45) is 5.92 Å². The highest BCUT2D eigenvalue weighted by atomic mass is 19.1. The van der Waals surface area contributed by atoms with Gasteiger partial charge in [0.25, 0.3) is 0 Å². The van der Waals surface area contributed by atoms with Crippen molar-refractivity contribution in [2.45, 2.75) is 45.1 Å². The minimum absolute atomic E-state index is 0.0971. The highest BCUT2D eigenvalue weighted by molar-refractivity contribution is 6.00. The zero-order valence-corrected chi connectivity index (χ0v) is 12.7. The van der Waals surface area contributed by atoms with Crippen molar-refractivity contribution in [3.8, 4) is 5.75 Å². The number of carbonyl (C=O) groups excluding carboxylic acids is 1. The van der Waals surface area contributed by atoms with Gasteiger partial charge in [-0.15, -0.1) is 0 Å². The van der Waals surface area contributed by atoms with Gasteiger partial charge in [0.05, 0.1) is 12.7 Å². The highest BCUT2D eigenvalue weighted by Crippen LogP contribution is 2.30. The normalized spacial score (nSPS) is 17.5. The number of benzene rings is 1. The maximum atomic E-state index is 14.1. The van der Waals surface area contributed by atoms with E-state index in [1.807, 2.05) is 6.92 Å². The van der Waals surface area contributed by atoms with Crippen LogP contribution in [-0.2, 0) is 4.74 Å². The second-order valence-corrected chi connectivity index (χ2v) is 5.48. The van der Waals surface area contributed by atoms with Crippen LogP contribution in [0.2, 0.25) is 0 Å². The Morgan fingerprint density at radius 3 is 2.62 bits per heavy atom. The zero-order chi connectivity index (χ0) is 15.2. The molecule has 3 nitrogen and oxygen atoms in total. The first-order valence-corrected chi connectivity index (χ1v) is 7.66. The minimum Gasteiger partial charge on any atom is -0.497 e. The van der Waals surface area contributed by atoms with Gasteiger partial charge in [-0.25, -0.2) is 4.39 Å². The van der Waals surface area contributed by atoms with Crippen LogP contribution < -0.4 is 4.74 Å². The number of hydrogen-bond donors (Lipinski definition) is 0. The second kappa shape index (κ2) is 7.55. The van der Waals surface area contributed by atoms with Crippen molar-refractivity contribution in [2.75, 3.05) is 13.7 Å². The average Bonchev–Trinajstić information content (AvgIpc) is 2.52. The quantitative estimate of drug-likeness (QED) is 0.744. The van der Waals surface area contributed by atoms with Crippen LogP contribution in [0.4, 0.5) is 4.39 Å². The SMILES string of the molecule is CCOC(C(=O)c1ccc(OC)cc1F)C1CCCCC1. The summed E-state index contributed by atoms with van der Waals surface area (Å²) in [5, 5.41) is 0. The lowest BCUT2D eigenvalue weighted by Gasteiger charge is -2.29. The van der Waals surface area contributed by atoms with Crippen LogP contribution in [0, 0.1) is 11.7 Å². The lowest BCUT2D eigenvalue weighted by atomic mass is 9.82. The maximum Gasteiger partial charge on any atom is 0.194 e. The van der Waals surface area contributed by atoms with Crippen LogP contribution >= 0.6 is 0 Å². The molecule has 1 saturated carbocycles. The molecule has 0 saturated heterocycles. The van der Waals surface area contributed by atoms with Crippen LogP contribution in [0.25, 0.3) is 0 Å². The summed E-state index contributed by atoms with van der Waals surface area (Å²) in [7, 11) is 1.47. The van der Waals surface area contributed by atoms with Crippen LogP contribution in [-0.4, -0.2) is 25.6 Å². The van der Waals surface area contributed by atoms with Crippen LogP contribution in [0.1, 0.15) is 49.4 Å². The Balaban J connectivity index is 2.21. The molecule has 0 amide bonds. The molecule has 0 spiro atoms. The molecule has 0 bridgehead atoms. The molecule has 1 fully saturated rings. The molecule has 0 heterocycles. The summed E-state index contributed by atoms with van der Waals surface area (Å²) in [4.78, 5) is 12.6. The lowest BCUT2D eigenvalue weighted by molar-refractivity contribution is 0.0124. The third-order valence-corrected chi connectivity index (χ3v) is 4.12. The molecular weight excluding hydrogens is 271 g/mol. The Morgan fingerprint density at radius 1 is 1.33 bits per heavy atom. The first kappa shape index (κ1) is 16.0. The Morgan fingerprint density at radius 2 is 2.05 bits per heavy atom. The molecule has 1 aromatic carbocycles. The van der Waals surface area contributed by atoms with E-state index >= 15 is 0 Å². The lowest BCUT2D eigenvalue weighted by Crippen LogP contribution is -2.34. The molecule has 21 heavy (non-hydrogen) atoms. The van der Waals surface area contributed by atoms with Gasteiger partial charge in [-0.1, -0.05) is 19.3 Å². The van der Waals surface area contributed by atoms with Crippen LogP contribution in [0.15, 0.2) is 18.2 Å². The highest BCUT2D eigenvalue weighted by Gasteiger charge is 2.32. The molecule has 1 aromatic rings. The van der Waals surface area contributed by atoms with Gasteiger partial charge in [0, 0.05) is 12.7 Å². The maximum absolute atomic E-state index is 14.1. The predicted molar refractivity (Wildman–Crippen MR) is 79.3 cm³/mol. The van der Waals surface area contributed by atoms with Crippen molar-refractivity contribution >= 4 is 5.78 Å². The standard InChI is InChI=1S/C17H23FO3/c1-3-21-17(12-7-5-4-6-8-12)16(19)14-10-9-13(20-2)11-15(14)18/h9-12,17H,3-8H2,1-2H3. The van der Waals surface area contributed by atoms with Gasteiger partial charge >= 0.3 is 0 Å². The Hall–Kier alpha value is -1.42. The van der Waals surface area contributed by atoms with Gasteiger partial charge < -0.3 is 9.47 Å². The van der Waals surface area contributed by atoms with Gasteiger partial charge in [-0.05, 0) is 37.8 Å². The first-order chi connectivity index (χ1) is 10.2. The summed E-state index contributed by atoms with van der Waals surface area (Å²) >= 11 is 0. The second-order valence-electron chi connectivity index (χ2n) is 5.48. The fraction of sp³-hybridized carbons (Fsp3) is 0.588. The number of ketones is 1. The summed E-state index contributed by atoms with van der Waals surface area (Å²) in [6.07, 6.45) is 4.88. The van der Waals surface area contributed by atoms with E-state index in [-0.39, 0.29) is 17.3 Å². The summed E-state index contributed by atoms with van der Waals surface area (Å²) in [6, 6.07) is 4.35. The van der Waals surface area contributed by atoms with E-state index in [4.69, 9.17) is 9.47 Å². The van der Waals surface area contributed by atoms with Crippen molar-refractivity contribution in [1.82, 2.24) is 0 Å². The molecule has 1 unspecified atom stereocenters. The monoisotopic (exact) mass is 294 g/mol. The van der Waals surface area contributed by atoms with E-state index in [1.54, 1.807) is 6.07 Å². The summed E-state index contributed by atoms with van der Waals surface area (Å²) in [5.41, 5.74) is 0.0971. The molecule has 1 aliphatic carbocycles. The molecule has 1 aliphatic rings. The van der Waals surface area contributed by atoms with Crippen molar-refractivity contribution in [3.05, 3.63) is 29.6 Å². The number of methoxy groups -OCH3 is 1. The van der Waals surface area contributed by atoms with E-state index in [1.165, 1.54) is 25.7 Å². The fourth-order valence-corrected chi connectivity index (χ4v) is 3.02. The number of carbonyl (C=O) groups is 1. The summed E-state index contributed by atoms with van der Waals surface area (Å²) in [6.45, 7) is 2.33.